The molecule has 1 aromatic carbocycles. The highest BCUT2D eigenvalue weighted by Gasteiger charge is 2.11. The molecule has 0 radical (unpaired) electrons. The summed E-state index contributed by atoms with van der Waals surface area (Å²) < 4.78 is 5.08. The molecule has 0 aromatic heterocycles. The van der Waals surface area contributed by atoms with Crippen LogP contribution in [0.3, 0.4) is 0 Å². The second-order valence-electron chi connectivity index (χ2n) is 3.79. The van der Waals surface area contributed by atoms with Crippen LogP contribution in [-0.4, -0.2) is 25.5 Å². The number of benzene rings is 1. The summed E-state index contributed by atoms with van der Waals surface area (Å²) in [6.07, 6.45) is 0.761. The summed E-state index contributed by atoms with van der Waals surface area (Å²) in [6, 6.07) is 4.80. The summed E-state index contributed by atoms with van der Waals surface area (Å²) in [4.78, 5) is 22.4. The van der Waals surface area contributed by atoms with Crippen LogP contribution in [0.5, 0.6) is 5.75 Å². The fraction of sp³-hybridized carbons (Fsp3) is 0.333. The van der Waals surface area contributed by atoms with Gasteiger partial charge in [-0.1, -0.05) is 0 Å². The maximum absolute atomic E-state index is 11.8. The lowest BCUT2D eigenvalue weighted by Crippen LogP contribution is -2.26. The average molecular weight is 251 g/mol. The van der Waals surface area contributed by atoms with Crippen molar-refractivity contribution >= 4 is 17.5 Å². The van der Waals surface area contributed by atoms with Gasteiger partial charge in [0.2, 0.25) is 5.91 Å². The van der Waals surface area contributed by atoms with E-state index in [-0.39, 0.29) is 18.2 Å². The summed E-state index contributed by atoms with van der Waals surface area (Å²) in [5.41, 5.74) is 11.5. The first-order valence-corrected chi connectivity index (χ1v) is 5.54. The van der Waals surface area contributed by atoms with Crippen LogP contribution in [0.2, 0.25) is 0 Å². The highest BCUT2D eigenvalue weighted by Crippen LogP contribution is 2.21. The second-order valence-corrected chi connectivity index (χ2v) is 3.79. The lowest BCUT2D eigenvalue weighted by molar-refractivity contribution is -0.118. The van der Waals surface area contributed by atoms with E-state index < -0.39 is 0 Å². The smallest absolute Gasteiger partial charge is 0.255 e. The van der Waals surface area contributed by atoms with E-state index in [9.17, 15) is 9.59 Å². The zero-order chi connectivity index (χ0) is 13.5. The third-order valence-corrected chi connectivity index (χ3v) is 2.36. The normalized spacial score (nSPS) is 9.83. The number of carbonyl (C=O) groups excluding carboxylic acids is 2. The lowest BCUT2D eigenvalue weighted by atomic mass is 10.1. The minimum absolute atomic E-state index is 0.249. The number of anilines is 1. The molecule has 2 amide bonds. The third kappa shape index (κ3) is 3.97. The van der Waals surface area contributed by atoms with Gasteiger partial charge < -0.3 is 21.5 Å². The quantitative estimate of drug-likeness (QED) is 0.498. The Morgan fingerprint density at radius 3 is 2.72 bits per heavy atom. The molecular weight excluding hydrogens is 234 g/mol. The van der Waals surface area contributed by atoms with Crippen molar-refractivity contribution in [3.63, 3.8) is 0 Å². The number of nitrogens with one attached hydrogen (secondary N) is 1. The molecule has 0 aliphatic heterocycles. The number of hydrogen-bond acceptors (Lipinski definition) is 4. The number of rotatable bonds is 6. The minimum atomic E-state index is -0.380. The fourth-order valence-corrected chi connectivity index (χ4v) is 1.46. The molecule has 0 bridgehead atoms. The molecule has 0 aliphatic rings. The summed E-state index contributed by atoms with van der Waals surface area (Å²) >= 11 is 0. The van der Waals surface area contributed by atoms with Gasteiger partial charge in [0, 0.05) is 24.7 Å². The van der Waals surface area contributed by atoms with Crippen LogP contribution in [0.15, 0.2) is 18.2 Å². The molecule has 1 aromatic rings. The standard InChI is InChI=1S/C12H17N3O3/c1-18-10-7-8(13)4-5-9(10)12(17)15-6-2-3-11(14)16/h4-5,7H,2-3,6,13H2,1H3,(H2,14,16)(H,15,17). The van der Waals surface area contributed by atoms with Gasteiger partial charge in [-0.15, -0.1) is 0 Å². The SMILES string of the molecule is COc1cc(N)ccc1C(=O)NCCCC(N)=O. The van der Waals surface area contributed by atoms with Crippen LogP contribution in [0.1, 0.15) is 23.2 Å². The number of carbonyl (C=O) groups is 2. The van der Waals surface area contributed by atoms with E-state index in [0.717, 1.165) is 0 Å². The topological polar surface area (TPSA) is 107 Å². The molecule has 0 unspecified atom stereocenters. The highest BCUT2D eigenvalue weighted by molar-refractivity contribution is 5.97. The highest BCUT2D eigenvalue weighted by atomic mass is 16.5. The van der Waals surface area contributed by atoms with Gasteiger partial charge >= 0.3 is 0 Å². The van der Waals surface area contributed by atoms with Crippen molar-refractivity contribution in [3.05, 3.63) is 23.8 Å². The Kier molecular flexibility index (Phi) is 4.98. The van der Waals surface area contributed by atoms with Crippen LogP contribution >= 0.6 is 0 Å². The predicted octanol–water partition coefficient (Wildman–Crippen LogP) is 0.273. The van der Waals surface area contributed by atoms with Crippen molar-refractivity contribution in [1.82, 2.24) is 5.32 Å². The van der Waals surface area contributed by atoms with Gasteiger partial charge in [0.1, 0.15) is 5.75 Å². The fourth-order valence-electron chi connectivity index (χ4n) is 1.46. The van der Waals surface area contributed by atoms with Gasteiger partial charge in [-0.3, -0.25) is 9.59 Å². The molecule has 0 heterocycles. The Bertz CT molecular complexity index is 446. The first-order chi connectivity index (χ1) is 8.54. The van der Waals surface area contributed by atoms with Crippen molar-refractivity contribution in [2.45, 2.75) is 12.8 Å². The summed E-state index contributed by atoms with van der Waals surface area (Å²) in [7, 11) is 1.47. The van der Waals surface area contributed by atoms with Crippen molar-refractivity contribution in [2.24, 2.45) is 5.73 Å². The van der Waals surface area contributed by atoms with E-state index in [1.807, 2.05) is 0 Å². The maximum Gasteiger partial charge on any atom is 0.255 e. The maximum atomic E-state index is 11.8. The number of hydrogen-bond donors (Lipinski definition) is 3. The zero-order valence-corrected chi connectivity index (χ0v) is 10.2. The molecule has 0 spiro atoms. The zero-order valence-electron chi connectivity index (χ0n) is 10.2. The van der Waals surface area contributed by atoms with E-state index in [4.69, 9.17) is 16.2 Å². The Morgan fingerprint density at radius 2 is 2.11 bits per heavy atom. The molecule has 1 rings (SSSR count). The molecule has 98 valence electrons. The number of ether oxygens (including phenoxy) is 1. The monoisotopic (exact) mass is 251 g/mol. The van der Waals surface area contributed by atoms with Crippen LogP contribution in [-0.2, 0) is 4.79 Å². The largest absolute Gasteiger partial charge is 0.496 e. The number of methoxy groups -OCH3 is 1. The van der Waals surface area contributed by atoms with Gasteiger partial charge in [-0.25, -0.2) is 0 Å². The second kappa shape index (κ2) is 6.48. The molecule has 5 N–H and O–H groups in total. The summed E-state index contributed by atoms with van der Waals surface area (Å²) in [5, 5.41) is 2.68. The average Bonchev–Trinajstić information content (AvgIpc) is 2.33. The van der Waals surface area contributed by atoms with E-state index in [0.29, 0.717) is 30.0 Å². The lowest BCUT2D eigenvalue weighted by Gasteiger charge is -2.09. The van der Waals surface area contributed by atoms with Crippen LogP contribution in [0.4, 0.5) is 5.69 Å². The van der Waals surface area contributed by atoms with Crippen molar-refractivity contribution in [1.29, 1.82) is 0 Å². The van der Waals surface area contributed by atoms with Gasteiger partial charge in [0.05, 0.1) is 12.7 Å². The number of nitrogen functional groups attached to an aromatic ring is 1. The molecule has 0 saturated heterocycles. The van der Waals surface area contributed by atoms with Crippen LogP contribution < -0.4 is 21.5 Å². The Morgan fingerprint density at radius 1 is 1.39 bits per heavy atom. The van der Waals surface area contributed by atoms with E-state index >= 15 is 0 Å². The number of amides is 2. The van der Waals surface area contributed by atoms with Crippen molar-refractivity contribution in [2.75, 3.05) is 19.4 Å². The van der Waals surface area contributed by atoms with E-state index in [1.54, 1.807) is 18.2 Å². The molecule has 0 aliphatic carbocycles. The van der Waals surface area contributed by atoms with Crippen LogP contribution in [0, 0.1) is 0 Å². The molecule has 0 fully saturated rings. The molecule has 18 heavy (non-hydrogen) atoms. The van der Waals surface area contributed by atoms with Gasteiger partial charge in [0.25, 0.3) is 5.91 Å². The number of primary amides is 1. The van der Waals surface area contributed by atoms with E-state index in [1.165, 1.54) is 7.11 Å². The van der Waals surface area contributed by atoms with Crippen molar-refractivity contribution < 1.29 is 14.3 Å². The van der Waals surface area contributed by atoms with Crippen molar-refractivity contribution in [3.8, 4) is 5.75 Å². The summed E-state index contributed by atoms with van der Waals surface area (Å²) in [6.45, 7) is 0.384. The van der Waals surface area contributed by atoms with Gasteiger partial charge in [-0.2, -0.15) is 0 Å². The predicted molar refractivity (Wildman–Crippen MR) is 68.2 cm³/mol. The van der Waals surface area contributed by atoms with Crippen LogP contribution in [0.25, 0.3) is 0 Å². The molecule has 6 heteroatoms. The third-order valence-electron chi connectivity index (χ3n) is 2.36. The molecule has 0 atom stereocenters. The Labute approximate surface area is 105 Å². The van der Waals surface area contributed by atoms with Gasteiger partial charge in [0.15, 0.2) is 0 Å². The molecule has 0 saturated carbocycles. The Balaban J connectivity index is 2.58. The Hall–Kier alpha value is -2.24. The molecule has 6 nitrogen and oxygen atoms in total. The first kappa shape index (κ1) is 13.8. The molecular formula is C12H17N3O3. The van der Waals surface area contributed by atoms with Gasteiger partial charge in [-0.05, 0) is 18.6 Å². The summed E-state index contributed by atoms with van der Waals surface area (Å²) in [5.74, 6) is -0.229. The first-order valence-electron chi connectivity index (χ1n) is 5.54. The minimum Gasteiger partial charge on any atom is -0.496 e. The number of nitrogens with two attached hydrogens (primary N) is 2. The van der Waals surface area contributed by atoms with E-state index in [2.05, 4.69) is 5.32 Å².